The van der Waals surface area contributed by atoms with E-state index in [1.54, 1.807) is 0 Å². The summed E-state index contributed by atoms with van der Waals surface area (Å²) in [5.74, 6) is 0. The average molecular weight is 813 g/mol. The van der Waals surface area contributed by atoms with Crippen LogP contribution in [0.15, 0.2) is 170 Å². The first-order valence-corrected chi connectivity index (χ1v) is 22.4. The molecule has 0 N–H and O–H groups in total. The number of fused-ring (bicyclic) bond motifs is 9. The van der Waals surface area contributed by atoms with Gasteiger partial charge in [0, 0.05) is 39.5 Å². The van der Waals surface area contributed by atoms with Gasteiger partial charge in [-0.15, -0.1) is 0 Å². The normalized spacial score (nSPS) is 12.9. The largest absolute Gasteiger partial charge is 0.310 e. The zero-order valence-electron chi connectivity index (χ0n) is 37.6. The van der Waals surface area contributed by atoms with Crippen molar-refractivity contribution in [1.29, 1.82) is 0 Å². The van der Waals surface area contributed by atoms with Crippen LogP contribution in [0, 0.1) is 41.5 Å². The third-order valence-electron chi connectivity index (χ3n) is 14.4. The smallest absolute Gasteiger partial charge is 0.0470 e. The van der Waals surface area contributed by atoms with Crippen LogP contribution in [0.25, 0.3) is 54.2 Å². The molecule has 10 aromatic rings. The number of nitrogens with zero attached hydrogens (tertiary/aromatic N) is 2. The second-order valence-electron chi connectivity index (χ2n) is 18.4. The Morgan fingerprint density at radius 1 is 0.302 bits per heavy atom. The van der Waals surface area contributed by atoms with Crippen LogP contribution in [-0.4, -0.2) is 0 Å². The molecule has 1 aliphatic rings. The lowest BCUT2D eigenvalue weighted by Crippen LogP contribution is -2.15. The number of hydrogen-bond donors (Lipinski definition) is 0. The molecule has 10 aromatic carbocycles. The van der Waals surface area contributed by atoms with Gasteiger partial charge in [0.05, 0.1) is 0 Å². The molecule has 0 unspecified atom stereocenters. The summed E-state index contributed by atoms with van der Waals surface area (Å²) in [6.07, 6.45) is 0. The molecule has 0 fully saturated rings. The summed E-state index contributed by atoms with van der Waals surface area (Å²) in [6, 6.07) is 62.8. The van der Waals surface area contributed by atoms with Crippen LogP contribution >= 0.6 is 0 Å². The number of anilines is 6. The first-order chi connectivity index (χ1) is 30.5. The highest BCUT2D eigenvalue weighted by molar-refractivity contribution is 6.17. The van der Waals surface area contributed by atoms with Gasteiger partial charge in [-0.3, -0.25) is 0 Å². The first kappa shape index (κ1) is 38.7. The quantitative estimate of drug-likeness (QED) is 0.154. The molecule has 0 atom stereocenters. The fourth-order valence-corrected chi connectivity index (χ4v) is 11.0. The minimum Gasteiger partial charge on any atom is -0.310 e. The monoisotopic (exact) mass is 812 g/mol. The van der Waals surface area contributed by atoms with Crippen molar-refractivity contribution in [2.45, 2.75) is 60.8 Å². The topological polar surface area (TPSA) is 6.48 Å². The number of benzene rings is 10. The van der Waals surface area contributed by atoms with E-state index in [4.69, 9.17) is 0 Å². The Bertz CT molecular complexity index is 3150. The van der Waals surface area contributed by atoms with Gasteiger partial charge in [-0.1, -0.05) is 86.6 Å². The van der Waals surface area contributed by atoms with Crippen LogP contribution in [0.1, 0.15) is 58.4 Å². The van der Waals surface area contributed by atoms with Crippen molar-refractivity contribution in [3.05, 3.63) is 214 Å². The molecular formula is C61H52N2. The maximum atomic E-state index is 2.55. The second kappa shape index (κ2) is 14.5. The van der Waals surface area contributed by atoms with E-state index in [-0.39, 0.29) is 5.41 Å². The molecule has 0 saturated carbocycles. The highest BCUT2D eigenvalue weighted by Gasteiger charge is 2.37. The van der Waals surface area contributed by atoms with E-state index >= 15 is 0 Å². The van der Waals surface area contributed by atoms with Gasteiger partial charge in [0.25, 0.3) is 0 Å². The molecule has 2 nitrogen and oxygen atoms in total. The summed E-state index contributed by atoms with van der Waals surface area (Å²) in [5, 5.41) is 10.7. The molecule has 0 heterocycles. The predicted octanol–water partition coefficient (Wildman–Crippen LogP) is 17.4. The molecule has 0 bridgehead atoms. The maximum absolute atomic E-state index is 2.55. The van der Waals surface area contributed by atoms with Crippen molar-refractivity contribution in [1.82, 2.24) is 0 Å². The Morgan fingerprint density at radius 2 is 0.603 bits per heavy atom. The summed E-state index contributed by atoms with van der Waals surface area (Å²) in [7, 11) is 0. The first-order valence-electron chi connectivity index (χ1n) is 22.4. The minimum atomic E-state index is -0.195. The fourth-order valence-electron chi connectivity index (χ4n) is 11.0. The summed E-state index contributed by atoms with van der Waals surface area (Å²) in [5.41, 5.74) is 20.2. The van der Waals surface area contributed by atoms with Crippen molar-refractivity contribution in [2.24, 2.45) is 0 Å². The van der Waals surface area contributed by atoms with E-state index in [9.17, 15) is 0 Å². The Labute approximate surface area is 371 Å². The average Bonchev–Trinajstić information content (AvgIpc) is 3.51. The lowest BCUT2D eigenvalue weighted by atomic mass is 9.79. The van der Waals surface area contributed by atoms with Crippen LogP contribution in [0.3, 0.4) is 0 Å². The van der Waals surface area contributed by atoms with E-state index in [2.05, 4.69) is 235 Å². The van der Waals surface area contributed by atoms with E-state index in [1.807, 2.05) is 0 Å². The van der Waals surface area contributed by atoms with Crippen LogP contribution in [-0.2, 0) is 5.41 Å². The molecule has 0 saturated heterocycles. The van der Waals surface area contributed by atoms with Crippen molar-refractivity contribution in [2.75, 3.05) is 9.80 Å². The number of hydrogen-bond acceptors (Lipinski definition) is 2. The van der Waals surface area contributed by atoms with Gasteiger partial charge < -0.3 is 9.80 Å². The Kier molecular flexibility index (Phi) is 8.89. The van der Waals surface area contributed by atoms with Crippen LogP contribution < -0.4 is 9.80 Å². The van der Waals surface area contributed by atoms with Gasteiger partial charge in [-0.2, -0.15) is 0 Å². The van der Waals surface area contributed by atoms with Gasteiger partial charge in [0.2, 0.25) is 0 Å². The molecule has 2 heteroatoms. The summed E-state index contributed by atoms with van der Waals surface area (Å²) >= 11 is 0. The molecule has 306 valence electrons. The van der Waals surface area contributed by atoms with Crippen molar-refractivity contribution >= 4 is 77.2 Å². The predicted molar refractivity (Wildman–Crippen MR) is 272 cm³/mol. The van der Waals surface area contributed by atoms with Crippen LogP contribution in [0.5, 0.6) is 0 Å². The Hall–Kier alpha value is -7.16. The van der Waals surface area contributed by atoms with Crippen LogP contribution in [0.2, 0.25) is 0 Å². The Balaban J connectivity index is 1.10. The van der Waals surface area contributed by atoms with E-state index in [0.717, 1.165) is 22.7 Å². The van der Waals surface area contributed by atoms with Crippen molar-refractivity contribution in [3.8, 4) is 11.1 Å². The van der Waals surface area contributed by atoms with Crippen LogP contribution in [0.4, 0.5) is 34.1 Å². The molecule has 11 rings (SSSR count). The van der Waals surface area contributed by atoms with Gasteiger partial charge in [0.1, 0.15) is 0 Å². The zero-order valence-corrected chi connectivity index (χ0v) is 37.6. The molecular weight excluding hydrogens is 761 g/mol. The highest BCUT2D eigenvalue weighted by Crippen LogP contribution is 2.54. The zero-order chi connectivity index (χ0) is 43.3. The van der Waals surface area contributed by atoms with E-state index in [1.165, 1.54) is 110 Å². The van der Waals surface area contributed by atoms with E-state index < -0.39 is 0 Å². The molecule has 0 radical (unpaired) electrons. The lowest BCUT2D eigenvalue weighted by molar-refractivity contribution is 0.662. The van der Waals surface area contributed by atoms with Crippen molar-refractivity contribution in [3.63, 3.8) is 0 Å². The molecule has 1 aliphatic carbocycles. The fraction of sp³-hybridized carbons (Fsp3) is 0.148. The molecule has 0 aliphatic heterocycles. The van der Waals surface area contributed by atoms with Gasteiger partial charge >= 0.3 is 0 Å². The van der Waals surface area contributed by atoms with Gasteiger partial charge in [-0.25, -0.2) is 0 Å². The summed E-state index contributed by atoms with van der Waals surface area (Å²) in [6.45, 7) is 18.8. The molecule has 0 spiro atoms. The summed E-state index contributed by atoms with van der Waals surface area (Å²) in [4.78, 5) is 4.77. The standard InChI is InChI=1S/C61H52N2/c1-37-29-47(62(43-21-13-9-14-22-43)44-23-15-10-16-24-44)31-51-41(5)39(3)49-33-53-54-34-50-40(4)42(6)52-32-48(63(45-25-17-11-18-26-45)46-27-19-12-20-28-46)30-38(2)60(52)56(50)36-58(54)61(7,8)57(53)35-55(49)59(37)51/h9-36H,1-8H3. The molecule has 0 amide bonds. The Morgan fingerprint density at radius 3 is 0.921 bits per heavy atom. The van der Waals surface area contributed by atoms with E-state index in [0.29, 0.717) is 0 Å². The van der Waals surface area contributed by atoms with Gasteiger partial charge in [0.15, 0.2) is 0 Å². The lowest BCUT2D eigenvalue weighted by Gasteiger charge is -2.27. The minimum absolute atomic E-state index is 0.195. The second-order valence-corrected chi connectivity index (χ2v) is 18.4. The number of para-hydroxylation sites is 4. The molecule has 0 aromatic heterocycles. The third-order valence-corrected chi connectivity index (χ3v) is 14.4. The summed E-state index contributed by atoms with van der Waals surface area (Å²) < 4.78 is 0. The highest BCUT2D eigenvalue weighted by atomic mass is 15.1. The third kappa shape index (κ3) is 5.92. The molecule has 63 heavy (non-hydrogen) atoms. The number of aryl methyl sites for hydroxylation is 6. The maximum Gasteiger partial charge on any atom is 0.0470 e. The number of rotatable bonds is 6. The SMILES string of the molecule is Cc1c(C)c2cc(N(c3ccccc3)c3ccccc3)cc(C)c2c2cc3c(cc12)-c1cc2c(C)c(C)c4cc(N(c5ccccc5)c5ccccc5)cc(C)c4c2cc1C3(C)C. The van der Waals surface area contributed by atoms with Gasteiger partial charge in [-0.05, 0) is 237 Å². The van der Waals surface area contributed by atoms with Crippen molar-refractivity contribution < 1.29 is 0 Å².